The van der Waals surface area contributed by atoms with Crippen molar-refractivity contribution in [1.29, 1.82) is 0 Å². The molecule has 120 valence electrons. The molecule has 3 heteroatoms. The Morgan fingerprint density at radius 1 is 1.32 bits per heavy atom. The zero-order valence-corrected chi connectivity index (χ0v) is 13.7. The first-order chi connectivity index (χ1) is 10.7. The zero-order valence-electron chi connectivity index (χ0n) is 13.7. The van der Waals surface area contributed by atoms with Gasteiger partial charge in [0.2, 0.25) is 5.91 Å². The molecule has 0 aromatic heterocycles. The molecule has 0 radical (unpaired) electrons. The Hall–Kier alpha value is -1.35. The first-order valence-corrected chi connectivity index (χ1v) is 8.72. The molecular formula is C19H28N2O. The topological polar surface area (TPSA) is 41.1 Å². The van der Waals surface area contributed by atoms with E-state index in [1.807, 2.05) is 0 Å². The number of amides is 1. The highest BCUT2D eigenvalue weighted by Gasteiger charge is 2.28. The van der Waals surface area contributed by atoms with E-state index < -0.39 is 0 Å². The fourth-order valence-electron chi connectivity index (χ4n) is 3.88. The second-order valence-electron chi connectivity index (χ2n) is 7.33. The molecule has 22 heavy (non-hydrogen) atoms. The Morgan fingerprint density at radius 2 is 2.09 bits per heavy atom. The highest BCUT2D eigenvalue weighted by molar-refractivity contribution is 5.77. The normalized spacial score (nSPS) is 23.6. The third kappa shape index (κ3) is 3.70. The number of nitrogens with one attached hydrogen (secondary N) is 2. The van der Waals surface area contributed by atoms with Crippen LogP contribution in [0.1, 0.15) is 56.1 Å². The van der Waals surface area contributed by atoms with Gasteiger partial charge < -0.3 is 10.6 Å². The number of benzene rings is 1. The summed E-state index contributed by atoms with van der Waals surface area (Å²) < 4.78 is 0. The van der Waals surface area contributed by atoms with Crippen molar-refractivity contribution in [3.05, 3.63) is 35.4 Å². The van der Waals surface area contributed by atoms with E-state index in [9.17, 15) is 4.79 Å². The van der Waals surface area contributed by atoms with Gasteiger partial charge in [0, 0.05) is 13.0 Å². The van der Waals surface area contributed by atoms with Crippen molar-refractivity contribution in [2.75, 3.05) is 19.6 Å². The fourth-order valence-corrected chi connectivity index (χ4v) is 3.88. The summed E-state index contributed by atoms with van der Waals surface area (Å²) >= 11 is 0. The first kappa shape index (κ1) is 15.5. The van der Waals surface area contributed by atoms with Crippen LogP contribution in [0.25, 0.3) is 0 Å². The number of aryl methyl sites for hydroxylation is 1. The third-order valence-electron chi connectivity index (χ3n) is 5.45. The Bertz CT molecular complexity index is 520. The monoisotopic (exact) mass is 300 g/mol. The molecule has 0 spiro atoms. The molecule has 1 saturated heterocycles. The lowest BCUT2D eigenvalue weighted by molar-refractivity contribution is -0.122. The van der Waals surface area contributed by atoms with E-state index in [1.165, 1.54) is 24.0 Å². The Morgan fingerprint density at radius 3 is 2.91 bits per heavy atom. The maximum atomic E-state index is 12.4. The number of carbonyl (C=O) groups excluding carboxylic acids is 1. The van der Waals surface area contributed by atoms with Crippen LogP contribution in [-0.4, -0.2) is 25.5 Å². The van der Waals surface area contributed by atoms with Crippen molar-refractivity contribution in [3.63, 3.8) is 0 Å². The summed E-state index contributed by atoms with van der Waals surface area (Å²) in [4.78, 5) is 12.4. The van der Waals surface area contributed by atoms with Crippen LogP contribution >= 0.6 is 0 Å². The van der Waals surface area contributed by atoms with E-state index >= 15 is 0 Å². The molecule has 2 aliphatic rings. The average Bonchev–Trinajstić information content (AvgIpc) is 2.54. The van der Waals surface area contributed by atoms with Gasteiger partial charge in [-0.25, -0.2) is 0 Å². The van der Waals surface area contributed by atoms with E-state index in [2.05, 4.69) is 41.8 Å². The molecule has 1 unspecified atom stereocenters. The smallest absolute Gasteiger partial charge is 0.220 e. The van der Waals surface area contributed by atoms with Gasteiger partial charge in [-0.15, -0.1) is 0 Å². The molecule has 1 atom stereocenters. The standard InChI is InChI=1S/C19H28N2O/c1-19(9-11-20-12-10-19)14-21-18(22)13-16-7-4-6-15-5-2-3-8-17(15)16/h2-3,5,8,16,20H,4,6-7,9-14H2,1H3,(H,21,22). The van der Waals surface area contributed by atoms with Crippen LogP contribution in [0.4, 0.5) is 0 Å². The summed E-state index contributed by atoms with van der Waals surface area (Å²) in [5.74, 6) is 0.632. The molecule has 1 amide bonds. The summed E-state index contributed by atoms with van der Waals surface area (Å²) in [5, 5.41) is 6.60. The quantitative estimate of drug-likeness (QED) is 0.897. The van der Waals surface area contributed by atoms with Crippen LogP contribution in [-0.2, 0) is 11.2 Å². The zero-order chi connectivity index (χ0) is 15.4. The van der Waals surface area contributed by atoms with Crippen molar-refractivity contribution in [1.82, 2.24) is 10.6 Å². The van der Waals surface area contributed by atoms with Crippen LogP contribution in [0.15, 0.2) is 24.3 Å². The molecule has 2 N–H and O–H groups in total. The lowest BCUT2D eigenvalue weighted by atomic mass is 9.80. The molecule has 1 aromatic rings. The van der Waals surface area contributed by atoms with Crippen LogP contribution in [0.5, 0.6) is 0 Å². The minimum atomic E-state index is 0.224. The van der Waals surface area contributed by atoms with Gasteiger partial charge in [0.25, 0.3) is 0 Å². The van der Waals surface area contributed by atoms with Crippen LogP contribution in [0.3, 0.4) is 0 Å². The van der Waals surface area contributed by atoms with Gasteiger partial charge in [-0.05, 0) is 67.7 Å². The minimum Gasteiger partial charge on any atom is -0.356 e. The number of carbonyl (C=O) groups is 1. The fraction of sp³-hybridized carbons (Fsp3) is 0.632. The van der Waals surface area contributed by atoms with Crippen LogP contribution < -0.4 is 10.6 Å². The van der Waals surface area contributed by atoms with Gasteiger partial charge in [-0.1, -0.05) is 31.2 Å². The second-order valence-corrected chi connectivity index (χ2v) is 7.33. The summed E-state index contributed by atoms with van der Waals surface area (Å²) in [6.45, 7) is 5.26. The average molecular weight is 300 g/mol. The minimum absolute atomic E-state index is 0.224. The summed E-state index contributed by atoms with van der Waals surface area (Å²) in [6, 6.07) is 8.64. The maximum absolute atomic E-state index is 12.4. The van der Waals surface area contributed by atoms with Crippen molar-refractivity contribution >= 4 is 5.91 Å². The van der Waals surface area contributed by atoms with Gasteiger partial charge in [0.15, 0.2) is 0 Å². The summed E-state index contributed by atoms with van der Waals surface area (Å²) in [6.07, 6.45) is 6.47. The number of rotatable bonds is 4. The maximum Gasteiger partial charge on any atom is 0.220 e. The van der Waals surface area contributed by atoms with E-state index in [0.29, 0.717) is 12.3 Å². The van der Waals surface area contributed by atoms with Gasteiger partial charge in [-0.3, -0.25) is 4.79 Å². The van der Waals surface area contributed by atoms with Gasteiger partial charge in [-0.2, -0.15) is 0 Å². The summed E-state index contributed by atoms with van der Waals surface area (Å²) in [7, 11) is 0. The third-order valence-corrected chi connectivity index (χ3v) is 5.45. The molecule has 1 aliphatic carbocycles. The SMILES string of the molecule is CC1(CNC(=O)CC2CCCc3ccccc32)CCNCC1. The Balaban J connectivity index is 1.54. The highest BCUT2D eigenvalue weighted by Crippen LogP contribution is 2.34. The highest BCUT2D eigenvalue weighted by atomic mass is 16.1. The van der Waals surface area contributed by atoms with Crippen molar-refractivity contribution in [2.24, 2.45) is 5.41 Å². The molecule has 3 rings (SSSR count). The Labute approximate surface area is 133 Å². The number of fused-ring (bicyclic) bond motifs is 1. The molecule has 1 aliphatic heterocycles. The summed E-state index contributed by atoms with van der Waals surface area (Å²) in [5.41, 5.74) is 3.11. The Kier molecular flexibility index (Phi) is 4.82. The number of hydrogen-bond acceptors (Lipinski definition) is 2. The van der Waals surface area contributed by atoms with Gasteiger partial charge in [0.05, 0.1) is 0 Å². The molecule has 1 aromatic carbocycles. The second kappa shape index (κ2) is 6.82. The molecule has 0 saturated carbocycles. The van der Waals surface area contributed by atoms with Crippen LogP contribution in [0, 0.1) is 5.41 Å². The van der Waals surface area contributed by atoms with Crippen molar-refractivity contribution < 1.29 is 4.79 Å². The molecule has 0 bridgehead atoms. The lowest BCUT2D eigenvalue weighted by Gasteiger charge is -2.34. The van der Waals surface area contributed by atoms with Crippen LogP contribution in [0.2, 0.25) is 0 Å². The largest absolute Gasteiger partial charge is 0.356 e. The first-order valence-electron chi connectivity index (χ1n) is 8.72. The predicted molar refractivity (Wildman–Crippen MR) is 90.0 cm³/mol. The van der Waals surface area contributed by atoms with Crippen molar-refractivity contribution in [3.8, 4) is 0 Å². The van der Waals surface area contributed by atoms with Gasteiger partial charge in [0.1, 0.15) is 0 Å². The predicted octanol–water partition coefficient (Wildman–Crippen LogP) is 3.00. The molecule has 3 nitrogen and oxygen atoms in total. The molecule has 1 fully saturated rings. The van der Waals surface area contributed by atoms with E-state index in [-0.39, 0.29) is 11.3 Å². The van der Waals surface area contributed by atoms with Gasteiger partial charge >= 0.3 is 0 Å². The number of piperidine rings is 1. The number of hydrogen-bond donors (Lipinski definition) is 2. The molecule has 1 heterocycles. The van der Waals surface area contributed by atoms with E-state index in [1.54, 1.807) is 0 Å². The molecular weight excluding hydrogens is 272 g/mol. The van der Waals surface area contributed by atoms with E-state index in [0.717, 1.165) is 38.9 Å². The van der Waals surface area contributed by atoms with Crippen molar-refractivity contribution in [2.45, 2.75) is 51.4 Å². The van der Waals surface area contributed by atoms with E-state index in [4.69, 9.17) is 0 Å². The lowest BCUT2D eigenvalue weighted by Crippen LogP contribution is -2.43.